The summed E-state index contributed by atoms with van der Waals surface area (Å²) in [6.45, 7) is 0. The van der Waals surface area contributed by atoms with Crippen molar-refractivity contribution in [1.29, 1.82) is 0 Å². The van der Waals surface area contributed by atoms with Gasteiger partial charge < -0.3 is 35.9 Å². The lowest BCUT2D eigenvalue weighted by Gasteiger charge is -2.20. The molecule has 0 fully saturated rings. The fraction of sp³-hybridized carbons (Fsp3) is 0.270. The smallest absolute Gasteiger partial charge is 0.416 e. The van der Waals surface area contributed by atoms with E-state index in [9.17, 15) is 45.5 Å². The molecular formula is C37H35F6N5O7. The van der Waals surface area contributed by atoms with Gasteiger partial charge in [0.15, 0.2) is 0 Å². The molecule has 5 N–H and O–H groups in total. The van der Waals surface area contributed by atoms with Crippen LogP contribution >= 0.6 is 0 Å². The number of methoxy groups -OCH3 is 2. The summed E-state index contributed by atoms with van der Waals surface area (Å²) in [5.41, 5.74) is 2.61. The maximum Gasteiger partial charge on any atom is 0.416 e. The van der Waals surface area contributed by atoms with Crippen LogP contribution in [-0.4, -0.2) is 50.1 Å². The standard InChI is InChI=1S/C37H35F6N5O7/c1-45-34(51)30-18-25(13-14-46-30)55-24-10-8-23(9-11-24)47-35(52)48-29-19-28(37(41,42)43)20(15-22(29)17-32(50)54-3)5-4-6-26-27(36(38,39)40)12-7-21(33(26)44)16-31(49)53-2/h7-15,18-19H,4-6,16-17,44H2,1-3H3,(H,45,51)(H2,47,48,52). The number of carbonyl (C=O) groups is 4. The van der Waals surface area contributed by atoms with Gasteiger partial charge in [-0.2, -0.15) is 26.3 Å². The normalized spacial score (nSPS) is 11.4. The monoisotopic (exact) mass is 775 g/mol. The van der Waals surface area contributed by atoms with Gasteiger partial charge in [0.05, 0.1) is 38.2 Å². The van der Waals surface area contributed by atoms with E-state index in [1.54, 1.807) is 0 Å². The molecule has 0 spiro atoms. The van der Waals surface area contributed by atoms with E-state index >= 15 is 0 Å². The Morgan fingerprint density at radius 3 is 1.96 bits per heavy atom. The molecule has 0 aliphatic heterocycles. The summed E-state index contributed by atoms with van der Waals surface area (Å²) < 4.78 is 99.9. The maximum absolute atomic E-state index is 14.4. The fourth-order valence-corrected chi connectivity index (χ4v) is 5.50. The van der Waals surface area contributed by atoms with Crippen LogP contribution in [-0.2, 0) is 57.1 Å². The molecule has 0 atom stereocenters. The molecular weight excluding hydrogens is 740 g/mol. The lowest BCUT2D eigenvalue weighted by molar-refractivity contribution is -0.140. The molecule has 0 radical (unpaired) electrons. The van der Waals surface area contributed by atoms with Crippen LogP contribution in [0.15, 0.2) is 66.9 Å². The summed E-state index contributed by atoms with van der Waals surface area (Å²) in [5, 5.41) is 7.25. The zero-order chi connectivity index (χ0) is 40.5. The Bertz CT molecular complexity index is 2050. The van der Waals surface area contributed by atoms with Gasteiger partial charge in [0.2, 0.25) is 0 Å². The van der Waals surface area contributed by atoms with Crippen LogP contribution in [0.5, 0.6) is 11.5 Å². The first-order chi connectivity index (χ1) is 25.9. The van der Waals surface area contributed by atoms with Gasteiger partial charge in [-0.15, -0.1) is 0 Å². The van der Waals surface area contributed by atoms with Crippen LogP contribution < -0.4 is 26.4 Å². The average molecular weight is 776 g/mol. The number of aromatic nitrogens is 1. The van der Waals surface area contributed by atoms with Crippen molar-refractivity contribution in [3.8, 4) is 11.5 Å². The molecule has 3 amide bonds. The molecule has 4 aromatic rings. The predicted octanol–water partition coefficient (Wildman–Crippen LogP) is 7.10. The number of amides is 3. The second-order valence-corrected chi connectivity index (χ2v) is 11.8. The second kappa shape index (κ2) is 17.7. The fourth-order valence-electron chi connectivity index (χ4n) is 5.50. The lowest BCUT2D eigenvalue weighted by atomic mass is 9.92. The van der Waals surface area contributed by atoms with Crippen LogP contribution in [0.2, 0.25) is 0 Å². The molecule has 18 heteroatoms. The van der Waals surface area contributed by atoms with Gasteiger partial charge >= 0.3 is 30.3 Å². The highest BCUT2D eigenvalue weighted by Gasteiger charge is 2.36. The third-order valence-electron chi connectivity index (χ3n) is 8.17. The van der Waals surface area contributed by atoms with Crippen LogP contribution in [0.3, 0.4) is 0 Å². The number of pyridine rings is 1. The predicted molar refractivity (Wildman–Crippen MR) is 188 cm³/mol. The number of ether oxygens (including phenoxy) is 3. The number of nitrogens with two attached hydrogens (primary N) is 1. The Kier molecular flexibility index (Phi) is 13.3. The number of urea groups is 1. The van der Waals surface area contributed by atoms with Crippen molar-refractivity contribution in [3.05, 3.63) is 106 Å². The highest BCUT2D eigenvalue weighted by atomic mass is 19.4. The highest BCUT2D eigenvalue weighted by molar-refractivity contribution is 6.00. The topological polar surface area (TPSA) is 171 Å². The largest absolute Gasteiger partial charge is 0.469 e. The average Bonchev–Trinajstić information content (AvgIpc) is 3.13. The number of alkyl halides is 6. The van der Waals surface area contributed by atoms with E-state index in [4.69, 9.17) is 15.2 Å². The number of hydrogen-bond donors (Lipinski definition) is 4. The van der Waals surface area contributed by atoms with Crippen molar-refractivity contribution in [3.63, 3.8) is 0 Å². The van der Waals surface area contributed by atoms with Gasteiger partial charge in [0.1, 0.15) is 17.2 Å². The summed E-state index contributed by atoms with van der Waals surface area (Å²) in [7, 11) is 3.60. The number of nitrogens with zero attached hydrogens (tertiary/aromatic N) is 1. The third kappa shape index (κ3) is 11.1. The summed E-state index contributed by atoms with van der Waals surface area (Å²) in [6, 6.07) is 11.3. The second-order valence-electron chi connectivity index (χ2n) is 11.8. The first-order valence-electron chi connectivity index (χ1n) is 16.3. The Balaban J connectivity index is 1.56. The molecule has 3 aromatic carbocycles. The summed E-state index contributed by atoms with van der Waals surface area (Å²) in [4.78, 5) is 52.9. The number of hydrogen-bond acceptors (Lipinski definition) is 9. The minimum Gasteiger partial charge on any atom is -0.469 e. The Morgan fingerprint density at radius 2 is 1.36 bits per heavy atom. The molecule has 1 aromatic heterocycles. The van der Waals surface area contributed by atoms with Crippen molar-refractivity contribution in [2.24, 2.45) is 0 Å². The van der Waals surface area contributed by atoms with Crippen molar-refractivity contribution in [1.82, 2.24) is 10.3 Å². The molecule has 1 heterocycles. The molecule has 0 aliphatic rings. The van der Waals surface area contributed by atoms with Crippen molar-refractivity contribution in [2.75, 3.05) is 37.6 Å². The van der Waals surface area contributed by atoms with Crippen molar-refractivity contribution < 1.29 is 59.7 Å². The molecule has 55 heavy (non-hydrogen) atoms. The van der Waals surface area contributed by atoms with E-state index in [2.05, 4.69) is 25.7 Å². The lowest BCUT2D eigenvalue weighted by Crippen LogP contribution is -2.22. The SMILES string of the molecule is CNC(=O)c1cc(Oc2ccc(NC(=O)Nc3cc(C(F)(F)F)c(CCCc4c(C(F)(F)F)ccc(CC(=O)OC)c4N)cc3CC(=O)OC)cc2)ccn1. The number of anilines is 3. The van der Waals surface area contributed by atoms with Gasteiger partial charge in [0, 0.05) is 36.4 Å². The number of carbonyl (C=O) groups excluding carboxylic acids is 4. The Labute approximate surface area is 310 Å². The van der Waals surface area contributed by atoms with Gasteiger partial charge in [-0.25, -0.2) is 4.79 Å². The van der Waals surface area contributed by atoms with E-state index in [0.29, 0.717) is 17.6 Å². The number of halogens is 6. The van der Waals surface area contributed by atoms with Crippen LogP contribution in [0.1, 0.15) is 50.3 Å². The molecule has 4 rings (SSSR count). The van der Waals surface area contributed by atoms with E-state index in [1.165, 1.54) is 49.6 Å². The minimum absolute atomic E-state index is 0.0576. The quantitative estimate of drug-likeness (QED) is 0.0628. The van der Waals surface area contributed by atoms with Crippen LogP contribution in [0.4, 0.5) is 48.2 Å². The first-order valence-corrected chi connectivity index (χ1v) is 16.3. The summed E-state index contributed by atoms with van der Waals surface area (Å²) >= 11 is 0. The molecule has 0 saturated heterocycles. The van der Waals surface area contributed by atoms with Crippen LogP contribution in [0, 0.1) is 0 Å². The maximum atomic E-state index is 14.4. The molecule has 0 aliphatic carbocycles. The van der Waals surface area contributed by atoms with Crippen molar-refractivity contribution >= 4 is 40.9 Å². The number of rotatable bonds is 13. The number of nitrogen functional groups attached to an aromatic ring is 1. The highest BCUT2D eigenvalue weighted by Crippen LogP contribution is 2.39. The van der Waals surface area contributed by atoms with E-state index in [0.717, 1.165) is 32.4 Å². The molecule has 0 unspecified atom stereocenters. The Morgan fingerprint density at radius 1 is 0.727 bits per heavy atom. The molecule has 0 saturated carbocycles. The first kappa shape index (κ1) is 41.4. The number of aryl methyl sites for hydroxylation is 1. The van der Waals surface area contributed by atoms with E-state index < -0.39 is 73.0 Å². The third-order valence-corrected chi connectivity index (χ3v) is 8.17. The number of nitrogens with one attached hydrogen (secondary N) is 3. The molecule has 12 nitrogen and oxygen atoms in total. The van der Waals surface area contributed by atoms with Gasteiger partial charge in [-0.3, -0.25) is 19.4 Å². The van der Waals surface area contributed by atoms with Gasteiger partial charge in [-0.05, 0) is 84.0 Å². The zero-order valence-electron chi connectivity index (χ0n) is 29.5. The number of benzene rings is 3. The molecule has 292 valence electrons. The van der Waals surface area contributed by atoms with Gasteiger partial charge in [0.25, 0.3) is 5.91 Å². The summed E-state index contributed by atoms with van der Waals surface area (Å²) in [5.74, 6) is -1.40. The summed E-state index contributed by atoms with van der Waals surface area (Å²) in [6.07, 6.45) is -10.5. The van der Waals surface area contributed by atoms with E-state index in [-0.39, 0.29) is 51.4 Å². The van der Waals surface area contributed by atoms with Crippen molar-refractivity contribution in [2.45, 2.75) is 44.5 Å². The van der Waals surface area contributed by atoms with Gasteiger partial charge in [-0.1, -0.05) is 12.1 Å². The van der Waals surface area contributed by atoms with E-state index in [1.807, 2.05) is 0 Å². The number of esters is 2. The Hall–Kier alpha value is -6.33. The molecule has 0 bridgehead atoms. The zero-order valence-corrected chi connectivity index (χ0v) is 29.5. The minimum atomic E-state index is -4.98. The van der Waals surface area contributed by atoms with Crippen LogP contribution in [0.25, 0.3) is 0 Å².